The van der Waals surface area contributed by atoms with E-state index in [1.54, 1.807) is 12.1 Å². The van der Waals surface area contributed by atoms with Crippen LogP contribution in [0.1, 0.15) is 25.7 Å². The first-order valence-electron chi connectivity index (χ1n) is 6.64. The SMILES string of the molecule is Nc1cc(Br)ccc1S(=O)(=O)N1CCCCCC1CO. The van der Waals surface area contributed by atoms with Crippen molar-refractivity contribution in [2.75, 3.05) is 18.9 Å². The lowest BCUT2D eigenvalue weighted by Crippen LogP contribution is -2.42. The largest absolute Gasteiger partial charge is 0.398 e. The van der Waals surface area contributed by atoms with E-state index in [1.165, 1.54) is 10.4 Å². The monoisotopic (exact) mass is 362 g/mol. The van der Waals surface area contributed by atoms with Crippen LogP contribution in [0, 0.1) is 0 Å². The second kappa shape index (κ2) is 6.43. The van der Waals surface area contributed by atoms with Gasteiger partial charge in [-0.15, -0.1) is 0 Å². The van der Waals surface area contributed by atoms with E-state index < -0.39 is 10.0 Å². The quantitative estimate of drug-likeness (QED) is 0.805. The van der Waals surface area contributed by atoms with Gasteiger partial charge in [0.05, 0.1) is 12.3 Å². The fourth-order valence-corrected chi connectivity index (χ4v) is 4.69. The molecule has 1 aliphatic heterocycles. The Labute approximate surface area is 128 Å². The predicted octanol–water partition coefficient (Wildman–Crippen LogP) is 1.96. The molecule has 0 saturated carbocycles. The second-order valence-corrected chi connectivity index (χ2v) is 7.76. The fourth-order valence-electron chi connectivity index (χ4n) is 2.53. The maximum Gasteiger partial charge on any atom is 0.245 e. The van der Waals surface area contributed by atoms with Gasteiger partial charge in [0.15, 0.2) is 0 Å². The van der Waals surface area contributed by atoms with Gasteiger partial charge in [-0.25, -0.2) is 8.42 Å². The molecule has 0 amide bonds. The lowest BCUT2D eigenvalue weighted by molar-refractivity contribution is 0.186. The molecule has 1 aromatic rings. The molecule has 1 saturated heterocycles. The number of hydrogen-bond donors (Lipinski definition) is 2. The molecule has 1 fully saturated rings. The number of sulfonamides is 1. The molecule has 112 valence electrons. The highest BCUT2D eigenvalue weighted by Crippen LogP contribution is 2.29. The molecule has 1 aliphatic rings. The first-order chi connectivity index (χ1) is 9.46. The van der Waals surface area contributed by atoms with Gasteiger partial charge in [0.2, 0.25) is 10.0 Å². The van der Waals surface area contributed by atoms with Crippen molar-refractivity contribution in [2.24, 2.45) is 0 Å². The number of nitrogens with zero attached hydrogens (tertiary/aromatic N) is 1. The summed E-state index contributed by atoms with van der Waals surface area (Å²) in [6, 6.07) is 4.40. The van der Waals surface area contributed by atoms with Crippen LogP contribution in [0.5, 0.6) is 0 Å². The first kappa shape index (κ1) is 15.8. The van der Waals surface area contributed by atoms with Crippen LogP contribution in [0.3, 0.4) is 0 Å². The zero-order valence-electron chi connectivity index (χ0n) is 11.1. The average Bonchev–Trinajstić information content (AvgIpc) is 2.63. The highest BCUT2D eigenvalue weighted by atomic mass is 79.9. The van der Waals surface area contributed by atoms with Gasteiger partial charge in [-0.1, -0.05) is 28.8 Å². The van der Waals surface area contributed by atoms with E-state index in [1.807, 2.05) is 0 Å². The van der Waals surface area contributed by atoms with Crippen LogP contribution in [0.25, 0.3) is 0 Å². The summed E-state index contributed by atoms with van der Waals surface area (Å²) in [4.78, 5) is 0.112. The Hall–Kier alpha value is -0.630. The van der Waals surface area contributed by atoms with Gasteiger partial charge in [0.1, 0.15) is 4.90 Å². The standard InChI is InChI=1S/C13H19BrN2O3S/c14-10-5-6-13(12(15)8-10)20(18,19)16-7-3-1-2-4-11(16)9-17/h5-6,8,11,17H,1-4,7,9,15H2. The molecule has 3 N–H and O–H groups in total. The molecular formula is C13H19BrN2O3S. The third-order valence-corrected chi connectivity index (χ3v) is 6.11. The average molecular weight is 363 g/mol. The van der Waals surface area contributed by atoms with Crippen molar-refractivity contribution < 1.29 is 13.5 Å². The molecule has 1 unspecified atom stereocenters. The zero-order valence-corrected chi connectivity index (χ0v) is 13.5. The molecule has 0 bridgehead atoms. The van der Waals surface area contributed by atoms with Crippen molar-refractivity contribution in [3.63, 3.8) is 0 Å². The number of nitrogens with two attached hydrogens (primary N) is 1. The molecule has 0 aliphatic carbocycles. The molecule has 20 heavy (non-hydrogen) atoms. The lowest BCUT2D eigenvalue weighted by atomic mass is 10.1. The third-order valence-electron chi connectivity index (χ3n) is 3.59. The Morgan fingerprint density at radius 3 is 2.75 bits per heavy atom. The van der Waals surface area contributed by atoms with Crippen LogP contribution >= 0.6 is 15.9 Å². The number of aliphatic hydroxyl groups excluding tert-OH is 1. The summed E-state index contributed by atoms with van der Waals surface area (Å²) < 4.78 is 27.7. The summed E-state index contributed by atoms with van der Waals surface area (Å²) in [6.07, 6.45) is 3.42. The number of rotatable bonds is 3. The maximum absolute atomic E-state index is 12.8. The van der Waals surface area contributed by atoms with Crippen LogP contribution < -0.4 is 5.73 Å². The van der Waals surface area contributed by atoms with Gasteiger partial charge in [-0.2, -0.15) is 4.31 Å². The summed E-state index contributed by atoms with van der Waals surface area (Å²) in [5, 5.41) is 9.47. The normalized spacial score (nSPS) is 21.6. The highest BCUT2D eigenvalue weighted by Gasteiger charge is 2.33. The van der Waals surface area contributed by atoms with Crippen LogP contribution in [0.15, 0.2) is 27.6 Å². The Balaban J connectivity index is 2.41. The smallest absolute Gasteiger partial charge is 0.245 e. The van der Waals surface area contributed by atoms with Crippen LogP contribution in [-0.4, -0.2) is 37.0 Å². The number of anilines is 1. The minimum Gasteiger partial charge on any atom is -0.398 e. The topological polar surface area (TPSA) is 83.6 Å². The van der Waals surface area contributed by atoms with E-state index in [4.69, 9.17) is 5.73 Å². The van der Waals surface area contributed by atoms with E-state index in [0.717, 1.165) is 23.7 Å². The first-order valence-corrected chi connectivity index (χ1v) is 8.88. The fraction of sp³-hybridized carbons (Fsp3) is 0.538. The van der Waals surface area contributed by atoms with Crippen LogP contribution in [-0.2, 0) is 10.0 Å². The summed E-state index contributed by atoms with van der Waals surface area (Å²) in [5.74, 6) is 0. The van der Waals surface area contributed by atoms with Crippen molar-refractivity contribution in [3.8, 4) is 0 Å². The Kier molecular flexibility index (Phi) is 5.06. The van der Waals surface area contributed by atoms with Crippen molar-refractivity contribution >= 4 is 31.6 Å². The second-order valence-electron chi connectivity index (χ2n) is 4.98. The number of hydrogen-bond acceptors (Lipinski definition) is 4. The van der Waals surface area contributed by atoms with Crippen molar-refractivity contribution in [3.05, 3.63) is 22.7 Å². The Morgan fingerprint density at radius 1 is 1.35 bits per heavy atom. The van der Waals surface area contributed by atoms with E-state index in [-0.39, 0.29) is 23.2 Å². The molecule has 0 aromatic heterocycles. The Bertz CT molecular complexity index is 577. The minimum absolute atomic E-state index is 0.112. The molecule has 1 aromatic carbocycles. The summed E-state index contributed by atoms with van der Waals surface area (Å²) in [6.45, 7) is 0.277. The van der Waals surface area contributed by atoms with E-state index in [2.05, 4.69) is 15.9 Å². The van der Waals surface area contributed by atoms with Gasteiger partial charge in [-0.3, -0.25) is 0 Å². The van der Waals surface area contributed by atoms with Gasteiger partial charge in [-0.05, 0) is 31.0 Å². The van der Waals surface area contributed by atoms with E-state index >= 15 is 0 Å². The van der Waals surface area contributed by atoms with E-state index in [0.29, 0.717) is 13.0 Å². The van der Waals surface area contributed by atoms with Gasteiger partial charge >= 0.3 is 0 Å². The molecule has 1 heterocycles. The number of aliphatic hydroxyl groups is 1. The third kappa shape index (κ3) is 3.16. The summed E-state index contributed by atoms with van der Waals surface area (Å²) >= 11 is 3.27. The van der Waals surface area contributed by atoms with Crippen molar-refractivity contribution in [1.29, 1.82) is 0 Å². The number of nitrogen functional groups attached to an aromatic ring is 1. The maximum atomic E-state index is 12.8. The van der Waals surface area contributed by atoms with Gasteiger partial charge < -0.3 is 10.8 Å². The molecule has 2 rings (SSSR count). The number of benzene rings is 1. The van der Waals surface area contributed by atoms with Gasteiger partial charge in [0, 0.05) is 17.1 Å². The molecule has 7 heteroatoms. The molecule has 1 atom stereocenters. The molecule has 5 nitrogen and oxygen atoms in total. The van der Waals surface area contributed by atoms with Gasteiger partial charge in [0.25, 0.3) is 0 Å². The summed E-state index contributed by atoms with van der Waals surface area (Å²) in [5.41, 5.74) is 6.06. The minimum atomic E-state index is -3.67. The van der Waals surface area contributed by atoms with Crippen LogP contribution in [0.2, 0.25) is 0 Å². The number of halogens is 1. The molecule has 0 spiro atoms. The van der Waals surface area contributed by atoms with Crippen molar-refractivity contribution in [1.82, 2.24) is 4.31 Å². The zero-order chi connectivity index (χ0) is 14.8. The Morgan fingerprint density at radius 2 is 2.10 bits per heavy atom. The molecular weight excluding hydrogens is 344 g/mol. The van der Waals surface area contributed by atoms with Crippen molar-refractivity contribution in [2.45, 2.75) is 36.6 Å². The predicted molar refractivity (Wildman–Crippen MR) is 81.8 cm³/mol. The summed E-state index contributed by atoms with van der Waals surface area (Å²) in [7, 11) is -3.67. The van der Waals surface area contributed by atoms with E-state index in [9.17, 15) is 13.5 Å². The lowest BCUT2D eigenvalue weighted by Gasteiger charge is -2.28. The highest BCUT2D eigenvalue weighted by molar-refractivity contribution is 9.10. The molecule has 0 radical (unpaired) electrons. The van der Waals surface area contributed by atoms with Crippen LogP contribution in [0.4, 0.5) is 5.69 Å².